The van der Waals surface area contributed by atoms with Crippen molar-refractivity contribution >= 4 is 17.9 Å². The van der Waals surface area contributed by atoms with Gasteiger partial charge in [0.25, 0.3) is 0 Å². The first kappa shape index (κ1) is 19.2. The minimum Gasteiger partial charge on any atom is -0.478 e. The van der Waals surface area contributed by atoms with E-state index in [1.165, 1.54) is 0 Å². The van der Waals surface area contributed by atoms with E-state index in [1.54, 1.807) is 6.92 Å². The second-order valence-corrected chi connectivity index (χ2v) is 3.73. The van der Waals surface area contributed by atoms with Crippen LogP contribution in [0.5, 0.6) is 0 Å². The average Bonchev–Trinajstić information content (AvgIpc) is 2.26. The summed E-state index contributed by atoms with van der Waals surface area (Å²) in [5.41, 5.74) is 0.448. The Morgan fingerprint density at radius 3 is 1.84 bits per heavy atom. The molecule has 0 saturated heterocycles. The Labute approximate surface area is 111 Å². The van der Waals surface area contributed by atoms with Crippen LogP contribution in [0.3, 0.4) is 0 Å². The highest BCUT2D eigenvalue weighted by Crippen LogP contribution is 1.91. The number of carboxylic acids is 2. The highest BCUT2D eigenvalue weighted by molar-refractivity contribution is 5.89. The fourth-order valence-electron chi connectivity index (χ4n) is 0.587. The number of carbonyl (C=O) groups is 3. The van der Waals surface area contributed by atoms with Crippen LogP contribution in [0.1, 0.15) is 6.92 Å². The zero-order chi connectivity index (χ0) is 15.4. The minimum absolute atomic E-state index is 0.313. The Morgan fingerprint density at radius 2 is 1.58 bits per heavy atom. The van der Waals surface area contributed by atoms with E-state index in [0.29, 0.717) is 24.3 Å². The van der Waals surface area contributed by atoms with Crippen LogP contribution in [-0.2, 0) is 19.1 Å². The molecule has 0 saturated carbocycles. The van der Waals surface area contributed by atoms with Gasteiger partial charge in [0.2, 0.25) is 0 Å². The van der Waals surface area contributed by atoms with E-state index in [4.69, 9.17) is 14.9 Å². The lowest BCUT2D eigenvalue weighted by Crippen LogP contribution is -2.20. The molecule has 0 fully saturated rings. The summed E-state index contributed by atoms with van der Waals surface area (Å²) in [4.78, 5) is 31.8. The molecule has 0 aliphatic rings. The Hall–Kier alpha value is -2.15. The fraction of sp³-hybridized carbons (Fsp3) is 0.417. The van der Waals surface area contributed by atoms with Crippen molar-refractivity contribution in [1.82, 2.24) is 4.90 Å². The van der Waals surface area contributed by atoms with Crippen molar-refractivity contribution in [3.63, 3.8) is 0 Å². The lowest BCUT2D eigenvalue weighted by atomic mass is 10.4. The molecule has 0 bridgehead atoms. The highest BCUT2D eigenvalue weighted by atomic mass is 16.5. The molecule has 0 aromatic carbocycles. The Bertz CT molecular complexity index is 343. The van der Waals surface area contributed by atoms with Gasteiger partial charge >= 0.3 is 17.9 Å². The lowest BCUT2D eigenvalue weighted by Gasteiger charge is -2.09. The number of carbonyl (C=O) groups excluding carboxylic acids is 1. The monoisotopic (exact) mass is 273 g/mol. The molecule has 0 atom stereocenters. The van der Waals surface area contributed by atoms with Crippen molar-refractivity contribution < 1.29 is 29.3 Å². The van der Waals surface area contributed by atoms with Crippen LogP contribution >= 0.6 is 0 Å². The smallest absolute Gasteiger partial charge is 0.333 e. The number of aliphatic carboxylic acids is 2. The van der Waals surface area contributed by atoms with Gasteiger partial charge in [0.05, 0.1) is 0 Å². The van der Waals surface area contributed by atoms with Crippen molar-refractivity contribution in [2.75, 3.05) is 27.2 Å². The molecule has 0 aromatic heterocycles. The van der Waals surface area contributed by atoms with E-state index < -0.39 is 11.9 Å². The Morgan fingerprint density at radius 1 is 1.16 bits per heavy atom. The summed E-state index contributed by atoms with van der Waals surface area (Å²) in [6, 6.07) is 0. The predicted octanol–water partition coefficient (Wildman–Crippen LogP) is 0.379. The Kier molecular flexibility index (Phi) is 11.1. The second-order valence-electron chi connectivity index (χ2n) is 3.73. The molecular formula is C12H19NO6. The molecule has 0 heterocycles. The molecule has 0 aliphatic carbocycles. The van der Waals surface area contributed by atoms with E-state index in [2.05, 4.69) is 6.58 Å². The number of esters is 1. The normalized spacial score (nSPS) is 9.68. The van der Waals surface area contributed by atoms with Crippen LogP contribution in [0, 0.1) is 0 Å². The molecule has 2 N–H and O–H groups in total. The van der Waals surface area contributed by atoms with Gasteiger partial charge in [-0.2, -0.15) is 0 Å². The number of likely N-dealkylation sites (N-methyl/N-ethyl adjacent to an activating group) is 1. The van der Waals surface area contributed by atoms with Crippen LogP contribution in [0.2, 0.25) is 0 Å². The van der Waals surface area contributed by atoms with Gasteiger partial charge in [0.15, 0.2) is 0 Å². The highest BCUT2D eigenvalue weighted by Gasteiger charge is 2.01. The molecular weight excluding hydrogens is 254 g/mol. The SMILES string of the molecule is C=C(C)C(=O)OCCN(C)C.O=C(O)/C=C\C(=O)O. The molecule has 0 rings (SSSR count). The second kappa shape index (κ2) is 11.0. The third-order valence-electron chi connectivity index (χ3n) is 1.49. The molecule has 0 radical (unpaired) electrons. The van der Waals surface area contributed by atoms with Gasteiger partial charge < -0.3 is 19.8 Å². The number of rotatable bonds is 6. The summed E-state index contributed by atoms with van der Waals surface area (Å²) in [6.07, 6.45) is 1.12. The topological polar surface area (TPSA) is 104 Å². The quantitative estimate of drug-likeness (QED) is 0.532. The zero-order valence-electron chi connectivity index (χ0n) is 11.3. The van der Waals surface area contributed by atoms with E-state index >= 15 is 0 Å². The molecule has 0 amide bonds. The van der Waals surface area contributed by atoms with Gasteiger partial charge in [-0.05, 0) is 21.0 Å². The number of nitrogens with zero attached hydrogens (tertiary/aromatic N) is 1. The van der Waals surface area contributed by atoms with Gasteiger partial charge in [0, 0.05) is 24.3 Å². The van der Waals surface area contributed by atoms with Crippen molar-refractivity contribution in [2.45, 2.75) is 6.92 Å². The molecule has 7 nitrogen and oxygen atoms in total. The molecule has 0 aromatic rings. The largest absolute Gasteiger partial charge is 0.478 e. The molecule has 0 unspecified atom stereocenters. The lowest BCUT2D eigenvalue weighted by molar-refractivity contribution is -0.139. The maximum Gasteiger partial charge on any atom is 0.333 e. The molecule has 0 spiro atoms. The van der Waals surface area contributed by atoms with Gasteiger partial charge in [-0.3, -0.25) is 0 Å². The van der Waals surface area contributed by atoms with Crippen molar-refractivity contribution in [3.05, 3.63) is 24.3 Å². The third-order valence-corrected chi connectivity index (χ3v) is 1.49. The van der Waals surface area contributed by atoms with Gasteiger partial charge in [-0.1, -0.05) is 6.58 Å². The third kappa shape index (κ3) is 18.4. The maximum absolute atomic E-state index is 10.8. The first-order chi connectivity index (χ1) is 8.66. The van der Waals surface area contributed by atoms with E-state index in [9.17, 15) is 14.4 Å². The van der Waals surface area contributed by atoms with Gasteiger partial charge in [0.1, 0.15) is 6.61 Å². The van der Waals surface area contributed by atoms with Crippen LogP contribution in [-0.4, -0.2) is 60.3 Å². The summed E-state index contributed by atoms with van der Waals surface area (Å²) >= 11 is 0. The zero-order valence-corrected chi connectivity index (χ0v) is 11.3. The summed E-state index contributed by atoms with van der Waals surface area (Å²) in [5.74, 6) is -2.83. The predicted molar refractivity (Wildman–Crippen MR) is 68.7 cm³/mol. The van der Waals surface area contributed by atoms with E-state index in [1.807, 2.05) is 19.0 Å². The van der Waals surface area contributed by atoms with Crippen LogP contribution in [0.25, 0.3) is 0 Å². The Balaban J connectivity index is 0. The molecule has 19 heavy (non-hydrogen) atoms. The van der Waals surface area contributed by atoms with Crippen LogP contribution in [0.4, 0.5) is 0 Å². The van der Waals surface area contributed by atoms with E-state index in [0.717, 1.165) is 6.54 Å². The maximum atomic E-state index is 10.8. The number of carboxylic acid groups (broad SMARTS) is 2. The average molecular weight is 273 g/mol. The van der Waals surface area contributed by atoms with Gasteiger partial charge in [-0.15, -0.1) is 0 Å². The summed E-state index contributed by atoms with van der Waals surface area (Å²) in [7, 11) is 3.85. The van der Waals surface area contributed by atoms with E-state index in [-0.39, 0.29) is 5.97 Å². The van der Waals surface area contributed by atoms with Crippen LogP contribution in [0.15, 0.2) is 24.3 Å². The number of ether oxygens (including phenoxy) is 1. The first-order valence-electron chi connectivity index (χ1n) is 5.28. The van der Waals surface area contributed by atoms with Gasteiger partial charge in [-0.25, -0.2) is 14.4 Å². The number of hydrogen-bond acceptors (Lipinski definition) is 5. The fourth-order valence-corrected chi connectivity index (χ4v) is 0.587. The summed E-state index contributed by atoms with van der Waals surface area (Å²) in [5, 5.41) is 15.6. The molecule has 108 valence electrons. The molecule has 0 aliphatic heterocycles. The first-order valence-corrected chi connectivity index (χ1v) is 5.28. The van der Waals surface area contributed by atoms with Crippen molar-refractivity contribution in [2.24, 2.45) is 0 Å². The van der Waals surface area contributed by atoms with Crippen molar-refractivity contribution in [1.29, 1.82) is 0 Å². The summed E-state index contributed by atoms with van der Waals surface area (Å²) in [6.45, 7) is 6.28. The summed E-state index contributed by atoms with van der Waals surface area (Å²) < 4.78 is 4.83. The standard InChI is InChI=1S/C8H15NO2.C4H4O4/c1-7(2)8(10)11-6-5-9(3)4;5-3(6)1-2-4(7)8/h1,5-6H2,2-4H3;1-2H,(H,5,6)(H,7,8)/b;2-1-. The van der Waals surface area contributed by atoms with Crippen LogP contribution < -0.4 is 0 Å². The molecule has 7 heteroatoms. The minimum atomic E-state index is -1.26. The number of hydrogen-bond donors (Lipinski definition) is 2. The van der Waals surface area contributed by atoms with Crippen molar-refractivity contribution in [3.8, 4) is 0 Å².